The lowest BCUT2D eigenvalue weighted by atomic mass is 10.2. The Balaban J connectivity index is 1.82. The van der Waals surface area contributed by atoms with Crippen molar-refractivity contribution in [1.29, 1.82) is 0 Å². The molecule has 16 heavy (non-hydrogen) atoms. The lowest BCUT2D eigenvalue weighted by Crippen LogP contribution is -2.43. The van der Waals surface area contributed by atoms with E-state index in [1.165, 1.54) is 0 Å². The van der Waals surface area contributed by atoms with Gasteiger partial charge in [-0.05, 0) is 12.1 Å². The highest BCUT2D eigenvalue weighted by Crippen LogP contribution is 1.99. The third kappa shape index (κ3) is 2.54. The monoisotopic (exact) mass is 220 g/mol. The molecule has 0 bridgehead atoms. The number of amides is 2. The summed E-state index contributed by atoms with van der Waals surface area (Å²) in [6, 6.07) is 5.00. The van der Waals surface area contributed by atoms with Gasteiger partial charge >= 0.3 is 0 Å². The number of carbonyl (C=O) groups is 2. The fraction of sp³-hybridized carbons (Fsp3) is 0.300. The van der Waals surface area contributed by atoms with Gasteiger partial charge in [0.1, 0.15) is 6.04 Å². The number of hydrazine groups is 1. The van der Waals surface area contributed by atoms with Crippen LogP contribution in [0.2, 0.25) is 0 Å². The minimum Gasteiger partial charge on any atom is -0.349 e. The summed E-state index contributed by atoms with van der Waals surface area (Å²) in [5.74, 6) is -0.373. The molecular weight excluding hydrogens is 208 g/mol. The molecule has 3 N–H and O–H groups in total. The zero-order chi connectivity index (χ0) is 11.4. The number of nitrogens with zero attached hydrogens (tertiary/aromatic N) is 1. The van der Waals surface area contributed by atoms with Crippen LogP contribution in [0.1, 0.15) is 12.1 Å². The fourth-order valence-corrected chi connectivity index (χ4v) is 1.42. The van der Waals surface area contributed by atoms with Gasteiger partial charge in [0.25, 0.3) is 0 Å². The summed E-state index contributed by atoms with van der Waals surface area (Å²) in [6.45, 7) is 0.367. The normalized spacial score (nSPS) is 19.2. The highest BCUT2D eigenvalue weighted by atomic mass is 16.2. The zero-order valence-electron chi connectivity index (χ0n) is 8.56. The van der Waals surface area contributed by atoms with Gasteiger partial charge in [-0.15, -0.1) is 0 Å². The average molecular weight is 220 g/mol. The van der Waals surface area contributed by atoms with Gasteiger partial charge in [-0.25, -0.2) is 5.43 Å². The predicted octanol–water partition coefficient (Wildman–Crippen LogP) is -0.909. The molecule has 1 saturated heterocycles. The van der Waals surface area contributed by atoms with Gasteiger partial charge in [0.05, 0.1) is 18.7 Å². The van der Waals surface area contributed by atoms with E-state index in [9.17, 15) is 9.59 Å². The lowest BCUT2D eigenvalue weighted by molar-refractivity contribution is -0.124. The molecule has 1 aliphatic heterocycles. The van der Waals surface area contributed by atoms with Crippen LogP contribution in [0.4, 0.5) is 0 Å². The second kappa shape index (κ2) is 4.71. The van der Waals surface area contributed by atoms with E-state index in [4.69, 9.17) is 0 Å². The number of nitrogens with one attached hydrogen (secondary N) is 3. The van der Waals surface area contributed by atoms with Crippen molar-refractivity contribution in [2.75, 3.05) is 0 Å². The number of carbonyl (C=O) groups excluding carboxylic acids is 2. The van der Waals surface area contributed by atoms with Crippen molar-refractivity contribution in [3.05, 3.63) is 30.1 Å². The van der Waals surface area contributed by atoms with E-state index in [1.807, 2.05) is 18.2 Å². The first-order chi connectivity index (χ1) is 7.75. The minimum atomic E-state index is -0.490. The van der Waals surface area contributed by atoms with Gasteiger partial charge in [0, 0.05) is 6.20 Å². The summed E-state index contributed by atoms with van der Waals surface area (Å²) in [4.78, 5) is 26.5. The molecule has 0 saturated carbocycles. The Kier molecular flexibility index (Phi) is 3.11. The number of rotatable bonds is 3. The number of pyridine rings is 1. The van der Waals surface area contributed by atoms with E-state index in [2.05, 4.69) is 21.2 Å². The second-order valence-electron chi connectivity index (χ2n) is 3.49. The Morgan fingerprint density at radius 2 is 2.44 bits per heavy atom. The Hall–Kier alpha value is -1.95. The molecule has 1 aromatic heterocycles. The highest BCUT2D eigenvalue weighted by Gasteiger charge is 2.27. The van der Waals surface area contributed by atoms with E-state index in [0.29, 0.717) is 6.54 Å². The molecule has 0 aromatic carbocycles. The molecule has 2 amide bonds. The third-order valence-electron chi connectivity index (χ3n) is 2.26. The van der Waals surface area contributed by atoms with E-state index in [1.54, 1.807) is 6.20 Å². The minimum absolute atomic E-state index is 0.169. The van der Waals surface area contributed by atoms with Crippen molar-refractivity contribution in [2.24, 2.45) is 0 Å². The molecule has 84 valence electrons. The average Bonchev–Trinajstić information content (AvgIpc) is 2.74. The first-order valence-electron chi connectivity index (χ1n) is 4.97. The first kappa shape index (κ1) is 10.6. The smallest absolute Gasteiger partial charge is 0.239 e. The Morgan fingerprint density at radius 1 is 1.56 bits per heavy atom. The van der Waals surface area contributed by atoms with Crippen LogP contribution in [0.25, 0.3) is 0 Å². The van der Waals surface area contributed by atoms with Gasteiger partial charge in [-0.2, -0.15) is 0 Å². The van der Waals surface area contributed by atoms with E-state index >= 15 is 0 Å². The van der Waals surface area contributed by atoms with Crippen LogP contribution in [0.5, 0.6) is 0 Å². The summed E-state index contributed by atoms with van der Waals surface area (Å²) in [5, 5.41) is 2.71. The molecule has 2 rings (SSSR count). The molecule has 0 aliphatic carbocycles. The molecule has 1 fully saturated rings. The Labute approximate surface area is 92.4 Å². The summed E-state index contributed by atoms with van der Waals surface area (Å²) < 4.78 is 0. The van der Waals surface area contributed by atoms with Crippen LogP contribution in [-0.2, 0) is 16.1 Å². The van der Waals surface area contributed by atoms with Gasteiger partial charge in [-0.3, -0.25) is 20.0 Å². The summed E-state index contributed by atoms with van der Waals surface area (Å²) >= 11 is 0. The van der Waals surface area contributed by atoms with Crippen molar-refractivity contribution in [3.8, 4) is 0 Å². The van der Waals surface area contributed by atoms with Gasteiger partial charge < -0.3 is 5.32 Å². The molecule has 0 spiro atoms. The van der Waals surface area contributed by atoms with Gasteiger partial charge in [0.2, 0.25) is 11.8 Å². The van der Waals surface area contributed by atoms with Crippen molar-refractivity contribution in [3.63, 3.8) is 0 Å². The van der Waals surface area contributed by atoms with Crippen LogP contribution in [0, 0.1) is 0 Å². The maximum Gasteiger partial charge on any atom is 0.239 e. The maximum absolute atomic E-state index is 11.6. The number of hydrogen-bond acceptors (Lipinski definition) is 4. The molecule has 6 nitrogen and oxygen atoms in total. The molecular formula is C10H12N4O2. The number of hydrogen-bond donors (Lipinski definition) is 3. The molecule has 1 aliphatic rings. The fourth-order valence-electron chi connectivity index (χ4n) is 1.42. The molecule has 6 heteroatoms. The van der Waals surface area contributed by atoms with Crippen molar-refractivity contribution in [1.82, 2.24) is 21.2 Å². The van der Waals surface area contributed by atoms with Gasteiger partial charge in [0.15, 0.2) is 0 Å². The summed E-state index contributed by atoms with van der Waals surface area (Å²) in [6.07, 6.45) is 1.84. The van der Waals surface area contributed by atoms with Crippen molar-refractivity contribution >= 4 is 11.8 Å². The van der Waals surface area contributed by atoms with Crippen LogP contribution in [0.15, 0.2) is 24.4 Å². The topological polar surface area (TPSA) is 83.1 Å². The maximum atomic E-state index is 11.6. The highest BCUT2D eigenvalue weighted by molar-refractivity contribution is 5.90. The van der Waals surface area contributed by atoms with Crippen molar-refractivity contribution in [2.45, 2.75) is 19.0 Å². The predicted molar refractivity (Wildman–Crippen MR) is 55.8 cm³/mol. The standard InChI is InChI=1S/C10H12N4O2/c15-9-5-8(13-14-9)10(16)12-6-7-3-1-2-4-11-7/h1-4,8,13H,5-6H2,(H,12,16)(H,14,15). The van der Waals surface area contributed by atoms with E-state index in [0.717, 1.165) is 5.69 Å². The van der Waals surface area contributed by atoms with Crippen molar-refractivity contribution < 1.29 is 9.59 Å². The van der Waals surface area contributed by atoms with Crippen LogP contribution in [0.3, 0.4) is 0 Å². The zero-order valence-corrected chi connectivity index (χ0v) is 8.56. The summed E-state index contributed by atoms with van der Waals surface area (Å²) in [5.41, 5.74) is 5.78. The van der Waals surface area contributed by atoms with E-state index in [-0.39, 0.29) is 18.2 Å². The molecule has 1 aromatic rings. The van der Waals surface area contributed by atoms with Crippen LogP contribution >= 0.6 is 0 Å². The molecule has 0 radical (unpaired) electrons. The molecule has 2 heterocycles. The Morgan fingerprint density at radius 3 is 3.06 bits per heavy atom. The van der Waals surface area contributed by atoms with Crippen LogP contribution < -0.4 is 16.2 Å². The number of aromatic nitrogens is 1. The second-order valence-corrected chi connectivity index (χ2v) is 3.49. The SMILES string of the molecule is O=C1CC(C(=O)NCc2ccccn2)NN1. The largest absolute Gasteiger partial charge is 0.349 e. The van der Waals surface area contributed by atoms with E-state index < -0.39 is 6.04 Å². The molecule has 1 unspecified atom stereocenters. The van der Waals surface area contributed by atoms with Gasteiger partial charge in [-0.1, -0.05) is 6.07 Å². The summed E-state index contributed by atoms with van der Waals surface area (Å²) in [7, 11) is 0. The third-order valence-corrected chi connectivity index (χ3v) is 2.26. The Bertz CT molecular complexity index is 393. The van der Waals surface area contributed by atoms with Crippen LogP contribution in [-0.4, -0.2) is 22.8 Å². The first-order valence-corrected chi connectivity index (χ1v) is 4.97. The lowest BCUT2D eigenvalue weighted by Gasteiger charge is -2.08. The quantitative estimate of drug-likeness (QED) is 0.616. The molecule has 1 atom stereocenters.